The van der Waals surface area contributed by atoms with Crippen LogP contribution in [0.5, 0.6) is 0 Å². The van der Waals surface area contributed by atoms with Gasteiger partial charge in [-0.1, -0.05) is 30.3 Å². The molecular weight excluding hydrogens is 475 g/mol. The predicted molar refractivity (Wildman–Crippen MR) is 116 cm³/mol. The number of hydrogen-bond acceptors (Lipinski definition) is 6. The number of nitrogens with one attached hydrogen (secondary N) is 4. The second-order valence-corrected chi connectivity index (χ2v) is 7.60. The van der Waals surface area contributed by atoms with E-state index >= 15 is 0 Å². The number of halogens is 3. The first-order valence-electron chi connectivity index (χ1n) is 10.5. The molecule has 2 unspecified atom stereocenters. The molecule has 0 spiro atoms. The third kappa shape index (κ3) is 11.8. The lowest BCUT2D eigenvalue weighted by Crippen LogP contribution is -2.54. The van der Waals surface area contributed by atoms with Crippen molar-refractivity contribution in [3.8, 4) is 0 Å². The molecule has 0 aliphatic carbocycles. The molecule has 0 bridgehead atoms. The quantitative estimate of drug-likeness (QED) is 0.193. The van der Waals surface area contributed by atoms with Crippen LogP contribution >= 0.6 is 0 Å². The standard InChI is InChI=1S/C21H28F3N5O6/c1-12(30)26-10-17(32)29-15(9-13-5-3-2-4-6-13)20(35)27-11-18(33)28-14(7-8-16(25)31)19(34)21(22,23)24/h2-6,14-15,19,34H,7-11H2,1H3,(H2,25,31)(H,26,30)(H,27,35)(H,28,33)(H,29,32)/t14?,15-,19?/m0/s1. The highest BCUT2D eigenvalue weighted by molar-refractivity contribution is 5.92. The van der Waals surface area contributed by atoms with Gasteiger partial charge in [-0.3, -0.25) is 24.0 Å². The molecule has 11 nitrogen and oxygen atoms in total. The molecule has 0 radical (unpaired) electrons. The van der Waals surface area contributed by atoms with Crippen LogP contribution in [-0.4, -0.2) is 72.1 Å². The fourth-order valence-corrected chi connectivity index (χ4v) is 2.89. The number of benzene rings is 1. The van der Waals surface area contributed by atoms with Crippen LogP contribution < -0.4 is 27.0 Å². The van der Waals surface area contributed by atoms with Gasteiger partial charge in [0.25, 0.3) is 0 Å². The minimum absolute atomic E-state index is 0.0220. The van der Waals surface area contributed by atoms with Crippen molar-refractivity contribution in [1.82, 2.24) is 21.3 Å². The van der Waals surface area contributed by atoms with Gasteiger partial charge in [0.15, 0.2) is 6.10 Å². The molecule has 0 saturated carbocycles. The molecule has 7 N–H and O–H groups in total. The zero-order valence-corrected chi connectivity index (χ0v) is 18.9. The second-order valence-electron chi connectivity index (χ2n) is 7.60. The van der Waals surface area contributed by atoms with Gasteiger partial charge in [0, 0.05) is 19.8 Å². The Kier molecular flexibility index (Phi) is 11.6. The molecule has 1 aromatic rings. The number of nitrogens with two attached hydrogens (primary N) is 1. The van der Waals surface area contributed by atoms with Crippen molar-refractivity contribution in [1.29, 1.82) is 0 Å². The van der Waals surface area contributed by atoms with Crippen molar-refractivity contribution in [3.05, 3.63) is 35.9 Å². The number of alkyl halides is 3. The Morgan fingerprint density at radius 1 is 0.971 bits per heavy atom. The molecule has 0 fully saturated rings. The summed E-state index contributed by atoms with van der Waals surface area (Å²) in [6, 6.07) is 5.48. The molecule has 14 heteroatoms. The molecule has 0 heterocycles. The monoisotopic (exact) mass is 503 g/mol. The number of aliphatic hydroxyl groups excluding tert-OH is 1. The van der Waals surface area contributed by atoms with Gasteiger partial charge in [-0.25, -0.2) is 0 Å². The minimum Gasteiger partial charge on any atom is -0.382 e. The van der Waals surface area contributed by atoms with E-state index < -0.39 is 79.8 Å². The maximum Gasteiger partial charge on any atom is 0.416 e. The van der Waals surface area contributed by atoms with Gasteiger partial charge in [-0.15, -0.1) is 0 Å². The molecule has 0 aliphatic rings. The maximum absolute atomic E-state index is 12.9. The average Bonchev–Trinajstić information content (AvgIpc) is 2.77. The van der Waals surface area contributed by atoms with Gasteiger partial charge in [-0.05, 0) is 12.0 Å². The molecule has 0 aromatic heterocycles. The van der Waals surface area contributed by atoms with Crippen LogP contribution in [0.2, 0.25) is 0 Å². The fraction of sp³-hybridized carbons (Fsp3) is 0.476. The molecule has 3 atom stereocenters. The van der Waals surface area contributed by atoms with Crippen LogP contribution in [0.25, 0.3) is 0 Å². The van der Waals surface area contributed by atoms with E-state index in [4.69, 9.17) is 5.73 Å². The Morgan fingerprint density at radius 3 is 2.09 bits per heavy atom. The molecule has 194 valence electrons. The van der Waals surface area contributed by atoms with E-state index in [0.29, 0.717) is 5.56 Å². The number of amides is 5. The number of carbonyl (C=O) groups is 5. The first kappa shape index (κ1) is 29.4. The highest BCUT2D eigenvalue weighted by atomic mass is 19.4. The summed E-state index contributed by atoms with van der Waals surface area (Å²) in [4.78, 5) is 58.8. The SMILES string of the molecule is CC(=O)NCC(=O)N[C@@H](Cc1ccccc1)C(=O)NCC(=O)NC(CCC(N)=O)C(O)C(F)(F)F. The van der Waals surface area contributed by atoms with Crippen LogP contribution in [-0.2, 0) is 30.4 Å². The normalized spacial score (nSPS) is 13.6. The third-order valence-electron chi connectivity index (χ3n) is 4.62. The summed E-state index contributed by atoms with van der Waals surface area (Å²) in [5.41, 5.74) is 5.59. The highest BCUT2D eigenvalue weighted by Gasteiger charge is 2.44. The number of carbonyl (C=O) groups excluding carboxylic acids is 5. The first-order valence-corrected chi connectivity index (χ1v) is 10.5. The Balaban J connectivity index is 2.81. The van der Waals surface area contributed by atoms with E-state index in [0.717, 1.165) is 0 Å². The van der Waals surface area contributed by atoms with E-state index in [1.165, 1.54) is 6.92 Å². The van der Waals surface area contributed by atoms with Crippen LogP contribution in [0.1, 0.15) is 25.3 Å². The number of aliphatic hydroxyl groups is 1. The lowest BCUT2D eigenvalue weighted by atomic mass is 10.0. The van der Waals surface area contributed by atoms with E-state index in [9.17, 15) is 42.3 Å². The topological polar surface area (TPSA) is 180 Å². The summed E-state index contributed by atoms with van der Waals surface area (Å²) < 4.78 is 38.6. The van der Waals surface area contributed by atoms with Crippen LogP contribution in [0.15, 0.2) is 30.3 Å². The minimum atomic E-state index is -5.07. The highest BCUT2D eigenvalue weighted by Crippen LogP contribution is 2.24. The van der Waals surface area contributed by atoms with Crippen molar-refractivity contribution < 1.29 is 42.3 Å². The van der Waals surface area contributed by atoms with Crippen LogP contribution in [0, 0.1) is 0 Å². The van der Waals surface area contributed by atoms with E-state index in [2.05, 4.69) is 16.0 Å². The molecule has 35 heavy (non-hydrogen) atoms. The molecule has 1 rings (SSSR count). The first-order chi connectivity index (χ1) is 16.3. The van der Waals surface area contributed by atoms with Gasteiger partial charge in [0.2, 0.25) is 29.5 Å². The Hall–Kier alpha value is -3.68. The summed E-state index contributed by atoms with van der Waals surface area (Å²) in [6.07, 6.45) is -9.11. The summed E-state index contributed by atoms with van der Waals surface area (Å²) in [5.74, 6) is -3.96. The molecule has 0 aliphatic heterocycles. The second kappa shape index (κ2) is 13.9. The maximum atomic E-state index is 12.9. The summed E-state index contributed by atoms with van der Waals surface area (Å²) in [7, 11) is 0. The summed E-state index contributed by atoms with van der Waals surface area (Å²) >= 11 is 0. The predicted octanol–water partition coefficient (Wildman–Crippen LogP) is -1.36. The average molecular weight is 503 g/mol. The van der Waals surface area contributed by atoms with Gasteiger partial charge in [0.1, 0.15) is 6.04 Å². The number of rotatable bonds is 13. The van der Waals surface area contributed by atoms with E-state index in [1.807, 2.05) is 5.32 Å². The smallest absolute Gasteiger partial charge is 0.382 e. The van der Waals surface area contributed by atoms with Gasteiger partial charge in [-0.2, -0.15) is 13.2 Å². The van der Waals surface area contributed by atoms with E-state index in [-0.39, 0.29) is 6.42 Å². The van der Waals surface area contributed by atoms with Crippen molar-refractivity contribution in [2.24, 2.45) is 5.73 Å². The van der Waals surface area contributed by atoms with Crippen molar-refractivity contribution in [3.63, 3.8) is 0 Å². The summed E-state index contributed by atoms with van der Waals surface area (Å²) in [5, 5.41) is 18.3. The Morgan fingerprint density at radius 2 is 1.54 bits per heavy atom. The van der Waals surface area contributed by atoms with Gasteiger partial charge in [0.05, 0.1) is 19.1 Å². The van der Waals surface area contributed by atoms with E-state index in [1.54, 1.807) is 30.3 Å². The largest absolute Gasteiger partial charge is 0.416 e. The van der Waals surface area contributed by atoms with Crippen molar-refractivity contribution >= 4 is 29.5 Å². The van der Waals surface area contributed by atoms with Gasteiger partial charge < -0.3 is 32.1 Å². The van der Waals surface area contributed by atoms with Gasteiger partial charge >= 0.3 is 6.18 Å². The molecule has 5 amide bonds. The molecule has 1 aromatic carbocycles. The summed E-state index contributed by atoms with van der Waals surface area (Å²) in [6.45, 7) is 0.0288. The Labute approximate surface area is 199 Å². The zero-order chi connectivity index (χ0) is 26.6. The zero-order valence-electron chi connectivity index (χ0n) is 18.9. The van der Waals surface area contributed by atoms with Crippen molar-refractivity contribution in [2.45, 2.75) is 50.6 Å². The number of hydrogen-bond donors (Lipinski definition) is 6. The fourth-order valence-electron chi connectivity index (χ4n) is 2.89. The third-order valence-corrected chi connectivity index (χ3v) is 4.62. The number of primary amides is 1. The lowest BCUT2D eigenvalue weighted by molar-refractivity contribution is -0.212. The van der Waals surface area contributed by atoms with Crippen LogP contribution in [0.3, 0.4) is 0 Å². The lowest BCUT2D eigenvalue weighted by Gasteiger charge is -2.26. The Bertz CT molecular complexity index is 897. The van der Waals surface area contributed by atoms with Crippen molar-refractivity contribution in [2.75, 3.05) is 13.1 Å². The molecular formula is C21H28F3N5O6. The van der Waals surface area contributed by atoms with Crippen LogP contribution in [0.4, 0.5) is 13.2 Å². The molecule has 0 saturated heterocycles.